The summed E-state index contributed by atoms with van der Waals surface area (Å²) >= 11 is 1.44. The van der Waals surface area contributed by atoms with Crippen LogP contribution in [0.3, 0.4) is 0 Å². The van der Waals surface area contributed by atoms with Crippen molar-refractivity contribution in [3.63, 3.8) is 0 Å². The third-order valence-corrected chi connectivity index (χ3v) is 7.70. The second-order valence-electron chi connectivity index (χ2n) is 9.41. The molecular weight excluding hydrogens is 583 g/mol. The van der Waals surface area contributed by atoms with E-state index in [1.165, 1.54) is 30.0 Å². The molecule has 42 heavy (non-hydrogen) atoms. The average Bonchev–Trinajstić information content (AvgIpc) is 3.42. The molecule has 0 radical (unpaired) electrons. The summed E-state index contributed by atoms with van der Waals surface area (Å²) in [7, 11) is 1.81. The van der Waals surface area contributed by atoms with Gasteiger partial charge in [-0.05, 0) is 23.3 Å². The van der Waals surface area contributed by atoms with Crippen molar-refractivity contribution in [3.05, 3.63) is 106 Å². The molecule has 2 N–H and O–H groups in total. The van der Waals surface area contributed by atoms with Gasteiger partial charge in [-0.15, -0.1) is 10.2 Å². The lowest BCUT2D eigenvalue weighted by molar-refractivity contribution is -0.245. The number of anilines is 1. The van der Waals surface area contributed by atoms with Crippen LogP contribution in [0.5, 0.6) is 0 Å². The first-order chi connectivity index (χ1) is 20.2. The Hall–Kier alpha value is -3.85. The van der Waals surface area contributed by atoms with Crippen LogP contribution in [0.1, 0.15) is 45.9 Å². The van der Waals surface area contributed by atoms with Crippen LogP contribution in [0.25, 0.3) is 0 Å². The molecule has 5 rings (SSSR count). The molecule has 0 saturated carbocycles. The number of thioether (sulfide) groups is 1. The maximum Gasteiger partial charge on any atom is 0.261 e. The van der Waals surface area contributed by atoms with Crippen molar-refractivity contribution in [1.29, 1.82) is 0 Å². The highest BCUT2D eigenvalue weighted by Gasteiger charge is 2.33. The van der Waals surface area contributed by atoms with E-state index in [2.05, 4.69) is 15.5 Å². The topological polar surface area (TPSA) is 98.5 Å². The molecule has 3 aromatic carbocycles. The number of rotatable bonds is 8. The molecule has 1 aliphatic rings. The number of hydrogen-bond acceptors (Lipinski definition) is 7. The molecule has 4 aromatic rings. The van der Waals surface area contributed by atoms with Crippen LogP contribution in [0, 0.1) is 29.1 Å². The van der Waals surface area contributed by atoms with E-state index in [4.69, 9.17) is 9.47 Å². The smallest absolute Gasteiger partial charge is 0.261 e. The lowest BCUT2D eigenvalue weighted by atomic mass is 10.0. The molecule has 0 bridgehead atoms. The van der Waals surface area contributed by atoms with Gasteiger partial charge in [-0.1, -0.05) is 48.2 Å². The number of halogens is 5. The van der Waals surface area contributed by atoms with Gasteiger partial charge < -0.3 is 24.5 Å². The Labute approximate surface area is 240 Å². The van der Waals surface area contributed by atoms with Gasteiger partial charge in [-0.25, -0.2) is 22.0 Å². The highest BCUT2D eigenvalue weighted by molar-refractivity contribution is 7.99. The second-order valence-corrected chi connectivity index (χ2v) is 10.4. The van der Waals surface area contributed by atoms with Gasteiger partial charge in [0.15, 0.2) is 34.7 Å². The lowest BCUT2D eigenvalue weighted by Gasteiger charge is -2.36. The van der Waals surface area contributed by atoms with E-state index >= 15 is 0 Å². The van der Waals surface area contributed by atoms with Gasteiger partial charge >= 0.3 is 0 Å². The van der Waals surface area contributed by atoms with Crippen molar-refractivity contribution in [2.24, 2.45) is 7.05 Å². The second kappa shape index (κ2) is 12.6. The van der Waals surface area contributed by atoms with Crippen LogP contribution in [0.2, 0.25) is 0 Å². The molecule has 8 nitrogen and oxygen atoms in total. The number of hydrogen-bond donors (Lipinski definition) is 2. The summed E-state index contributed by atoms with van der Waals surface area (Å²) in [5.74, 6) is -12.3. The normalized spacial score (nSPS) is 18.7. The van der Waals surface area contributed by atoms with Crippen LogP contribution in [-0.2, 0) is 23.1 Å². The zero-order chi connectivity index (χ0) is 30.0. The van der Waals surface area contributed by atoms with Crippen molar-refractivity contribution in [2.45, 2.75) is 36.7 Å². The minimum Gasteiger partial charge on any atom is -0.392 e. The standard InChI is InChI=1S/C28H23F5N4O4S/c1-37-13-34-36-28(37)42-12-18-10-19(15-7-5-14(11-38)6-8-15)41-27(40-18)16-3-2-4-17(9-16)35-26(39)20-21(29)23(31)25(33)24(32)22(20)30/h2-9,13,18-19,27,38H,10-12H2,1H3,(H,35,39). The molecule has 1 fully saturated rings. The first kappa shape index (κ1) is 29.6. The molecule has 3 unspecified atom stereocenters. The fraction of sp³-hybridized carbons (Fsp3) is 0.250. The molecule has 0 aliphatic carbocycles. The fourth-order valence-electron chi connectivity index (χ4n) is 4.35. The number of ether oxygens (including phenoxy) is 2. The van der Waals surface area contributed by atoms with Crippen molar-refractivity contribution < 1.29 is 41.3 Å². The van der Waals surface area contributed by atoms with Crippen LogP contribution in [0.15, 0.2) is 60.0 Å². The van der Waals surface area contributed by atoms with Gasteiger partial charge in [0.1, 0.15) is 11.9 Å². The summed E-state index contributed by atoms with van der Waals surface area (Å²) in [6.07, 6.45) is 0.356. The van der Waals surface area contributed by atoms with Gasteiger partial charge in [0.25, 0.3) is 5.91 Å². The Morgan fingerprint density at radius 3 is 2.33 bits per heavy atom. The zero-order valence-electron chi connectivity index (χ0n) is 21.9. The SMILES string of the molecule is Cn1cnnc1SCC1CC(c2ccc(CO)cc2)OC(c2cccc(NC(=O)c3c(F)c(F)c(F)c(F)c3F)c2)O1. The summed E-state index contributed by atoms with van der Waals surface area (Å²) in [5, 5.41) is 20.2. The third kappa shape index (κ3) is 6.16. The van der Waals surface area contributed by atoms with Crippen LogP contribution in [0.4, 0.5) is 27.6 Å². The maximum atomic E-state index is 14.2. The number of aryl methyl sites for hydroxylation is 1. The maximum absolute atomic E-state index is 14.2. The predicted molar refractivity (Wildman–Crippen MR) is 141 cm³/mol. The molecule has 0 spiro atoms. The zero-order valence-corrected chi connectivity index (χ0v) is 22.7. The summed E-state index contributed by atoms with van der Waals surface area (Å²) in [6, 6.07) is 13.2. The van der Waals surface area contributed by atoms with Crippen molar-refractivity contribution in [1.82, 2.24) is 14.8 Å². The third-order valence-electron chi connectivity index (χ3n) is 6.54. The highest BCUT2D eigenvalue weighted by Crippen LogP contribution is 2.40. The van der Waals surface area contributed by atoms with E-state index in [1.807, 2.05) is 19.2 Å². The van der Waals surface area contributed by atoms with E-state index in [0.717, 1.165) is 11.1 Å². The monoisotopic (exact) mass is 606 g/mol. The Bertz CT molecular complexity index is 1570. The number of aromatic nitrogens is 3. The Morgan fingerprint density at radius 2 is 1.69 bits per heavy atom. The molecular formula is C28H23F5N4O4S. The van der Waals surface area contributed by atoms with E-state index in [-0.39, 0.29) is 18.4 Å². The molecule has 1 amide bonds. The minimum atomic E-state index is -2.36. The average molecular weight is 607 g/mol. The van der Waals surface area contributed by atoms with Crippen molar-refractivity contribution in [3.8, 4) is 0 Å². The van der Waals surface area contributed by atoms with Crippen LogP contribution >= 0.6 is 11.8 Å². The fourth-order valence-corrected chi connectivity index (χ4v) is 5.26. The summed E-state index contributed by atoms with van der Waals surface area (Å²) in [6.45, 7) is -0.113. The van der Waals surface area contributed by atoms with Gasteiger partial charge in [0.05, 0.1) is 18.8 Å². The van der Waals surface area contributed by atoms with Gasteiger partial charge in [0, 0.05) is 30.5 Å². The van der Waals surface area contributed by atoms with E-state index in [0.29, 0.717) is 22.9 Å². The Balaban J connectivity index is 1.39. The molecule has 14 heteroatoms. The number of aliphatic hydroxyl groups is 1. The largest absolute Gasteiger partial charge is 0.392 e. The number of nitrogens with zero attached hydrogens (tertiary/aromatic N) is 3. The number of amides is 1. The van der Waals surface area contributed by atoms with Gasteiger partial charge in [0.2, 0.25) is 5.82 Å². The van der Waals surface area contributed by atoms with Crippen molar-refractivity contribution in [2.75, 3.05) is 11.1 Å². The predicted octanol–water partition coefficient (Wildman–Crippen LogP) is 5.59. The van der Waals surface area contributed by atoms with Gasteiger partial charge in [-0.2, -0.15) is 0 Å². The first-order valence-electron chi connectivity index (χ1n) is 12.6. The van der Waals surface area contributed by atoms with E-state index in [9.17, 15) is 31.9 Å². The number of nitrogens with one attached hydrogen (secondary N) is 1. The lowest BCUT2D eigenvalue weighted by Crippen LogP contribution is -2.31. The Morgan fingerprint density at radius 1 is 1.00 bits per heavy atom. The number of carbonyl (C=O) groups excluding carboxylic acids is 1. The summed E-state index contributed by atoms with van der Waals surface area (Å²) in [5.41, 5.74) is 0.400. The highest BCUT2D eigenvalue weighted by atomic mass is 32.2. The van der Waals surface area contributed by atoms with Crippen molar-refractivity contribution >= 4 is 23.4 Å². The summed E-state index contributed by atoms with van der Waals surface area (Å²) in [4.78, 5) is 12.6. The molecule has 3 atom stereocenters. The molecule has 220 valence electrons. The minimum absolute atomic E-state index is 0.00748. The van der Waals surface area contributed by atoms with E-state index < -0.39 is 53.0 Å². The molecule has 1 aliphatic heterocycles. The van der Waals surface area contributed by atoms with Gasteiger partial charge in [-0.3, -0.25) is 4.79 Å². The van der Waals surface area contributed by atoms with Crippen LogP contribution in [-0.4, -0.2) is 37.6 Å². The first-order valence-corrected chi connectivity index (χ1v) is 13.5. The molecule has 1 saturated heterocycles. The number of carbonyl (C=O) groups is 1. The van der Waals surface area contributed by atoms with Crippen LogP contribution < -0.4 is 5.32 Å². The quantitative estimate of drug-likeness (QED) is 0.117. The molecule has 2 heterocycles. The number of benzene rings is 3. The Kier molecular flexibility index (Phi) is 8.87. The summed E-state index contributed by atoms with van der Waals surface area (Å²) < 4.78 is 83.3. The van der Waals surface area contributed by atoms with E-state index in [1.54, 1.807) is 29.1 Å². The molecule has 1 aromatic heterocycles. The number of aliphatic hydroxyl groups excluding tert-OH is 1.